The Morgan fingerprint density at radius 3 is 2.67 bits per heavy atom. The number of amides is 1. The van der Waals surface area contributed by atoms with Gasteiger partial charge in [-0.05, 0) is 23.3 Å². The minimum Gasteiger partial charge on any atom is -0.497 e. The van der Waals surface area contributed by atoms with Gasteiger partial charge in [0.2, 0.25) is 0 Å². The van der Waals surface area contributed by atoms with Gasteiger partial charge in [0.25, 0.3) is 5.91 Å². The Kier molecular flexibility index (Phi) is 5.17. The van der Waals surface area contributed by atoms with E-state index in [1.54, 1.807) is 6.07 Å². The van der Waals surface area contributed by atoms with Crippen LogP contribution in [0.2, 0.25) is 0 Å². The molecule has 2 aromatic rings. The molecule has 3 nitrogen and oxygen atoms in total. The van der Waals surface area contributed by atoms with Gasteiger partial charge in [-0.2, -0.15) is 0 Å². The predicted octanol–water partition coefficient (Wildman–Crippen LogP) is 3.50. The summed E-state index contributed by atoms with van der Waals surface area (Å²) < 4.78 is 18.7. The van der Waals surface area contributed by atoms with Crippen molar-refractivity contribution in [3.8, 4) is 5.75 Å². The number of benzene rings is 2. The summed E-state index contributed by atoms with van der Waals surface area (Å²) in [4.78, 5) is 12.0. The Bertz CT molecular complexity index is 646. The molecule has 2 aromatic carbocycles. The maximum absolute atomic E-state index is 13.8. The number of nitrogens with one attached hydrogen (secondary N) is 1. The second-order valence-electron chi connectivity index (χ2n) is 4.48. The molecule has 5 heteroatoms. The van der Waals surface area contributed by atoms with Crippen molar-refractivity contribution in [2.75, 3.05) is 7.11 Å². The van der Waals surface area contributed by atoms with Crippen molar-refractivity contribution in [3.05, 3.63) is 65.0 Å². The highest BCUT2D eigenvalue weighted by Crippen LogP contribution is 2.16. The minimum absolute atomic E-state index is 0.00991. The molecule has 0 heterocycles. The Labute approximate surface area is 127 Å². The average molecular weight is 308 g/mol. The summed E-state index contributed by atoms with van der Waals surface area (Å²) in [5, 5.41) is 2.68. The monoisotopic (exact) mass is 307 g/mol. The van der Waals surface area contributed by atoms with E-state index in [0.29, 0.717) is 18.2 Å². The average Bonchev–Trinajstić information content (AvgIpc) is 2.52. The van der Waals surface area contributed by atoms with E-state index in [-0.39, 0.29) is 5.56 Å². The van der Waals surface area contributed by atoms with Crippen molar-refractivity contribution in [2.24, 2.45) is 0 Å². The Morgan fingerprint density at radius 2 is 2.00 bits per heavy atom. The van der Waals surface area contributed by atoms with Gasteiger partial charge in [-0.15, -0.1) is 11.6 Å². The highest BCUT2D eigenvalue weighted by Gasteiger charge is 2.12. The molecule has 1 amide bonds. The number of hydrogen-bond donors (Lipinski definition) is 1. The quantitative estimate of drug-likeness (QED) is 0.859. The molecule has 0 bridgehead atoms. The van der Waals surface area contributed by atoms with Crippen molar-refractivity contribution in [1.29, 1.82) is 0 Å². The number of carbonyl (C=O) groups excluding carboxylic acids is 1. The molecule has 0 aromatic heterocycles. The van der Waals surface area contributed by atoms with Crippen LogP contribution in [0.1, 0.15) is 21.5 Å². The fourth-order valence-corrected chi connectivity index (χ4v) is 2.07. The lowest BCUT2D eigenvalue weighted by molar-refractivity contribution is 0.0947. The lowest BCUT2D eigenvalue weighted by Gasteiger charge is -2.08. The predicted molar refractivity (Wildman–Crippen MR) is 80.1 cm³/mol. The van der Waals surface area contributed by atoms with Gasteiger partial charge in [0.15, 0.2) is 0 Å². The standard InChI is InChI=1S/C16H15ClFNO2/c1-21-13-5-6-14(15(18)8-13)16(20)19-10-12-4-2-3-11(7-12)9-17/h2-8H,9-10H2,1H3,(H,19,20). The molecule has 0 spiro atoms. The van der Waals surface area contributed by atoms with Crippen LogP contribution in [-0.4, -0.2) is 13.0 Å². The van der Waals surface area contributed by atoms with E-state index in [0.717, 1.165) is 11.1 Å². The SMILES string of the molecule is COc1ccc(C(=O)NCc2cccc(CCl)c2)c(F)c1. The van der Waals surface area contributed by atoms with Gasteiger partial charge in [-0.3, -0.25) is 4.79 Å². The molecule has 2 rings (SSSR count). The first-order valence-corrected chi connectivity index (χ1v) is 6.93. The summed E-state index contributed by atoms with van der Waals surface area (Å²) in [5.74, 6) is -0.291. The van der Waals surface area contributed by atoms with Gasteiger partial charge >= 0.3 is 0 Å². The van der Waals surface area contributed by atoms with Gasteiger partial charge in [0, 0.05) is 18.5 Å². The highest BCUT2D eigenvalue weighted by molar-refractivity contribution is 6.17. The summed E-state index contributed by atoms with van der Waals surface area (Å²) in [5.41, 5.74) is 1.87. The number of halogens is 2. The van der Waals surface area contributed by atoms with Crippen molar-refractivity contribution in [2.45, 2.75) is 12.4 Å². The number of methoxy groups -OCH3 is 1. The second-order valence-corrected chi connectivity index (χ2v) is 4.75. The van der Waals surface area contributed by atoms with E-state index in [1.807, 2.05) is 24.3 Å². The molecule has 110 valence electrons. The minimum atomic E-state index is -0.610. The van der Waals surface area contributed by atoms with Gasteiger partial charge in [-0.1, -0.05) is 24.3 Å². The van der Waals surface area contributed by atoms with Crippen molar-refractivity contribution < 1.29 is 13.9 Å². The molecule has 0 fully saturated rings. The molecule has 0 aliphatic carbocycles. The molecule has 0 radical (unpaired) electrons. The third-order valence-corrected chi connectivity index (χ3v) is 3.33. The fourth-order valence-electron chi connectivity index (χ4n) is 1.91. The first kappa shape index (κ1) is 15.3. The lowest BCUT2D eigenvalue weighted by atomic mass is 10.1. The number of carbonyl (C=O) groups is 1. The molecule has 0 aliphatic heterocycles. The van der Waals surface area contributed by atoms with Crippen LogP contribution >= 0.6 is 11.6 Å². The van der Waals surface area contributed by atoms with Crippen LogP contribution in [-0.2, 0) is 12.4 Å². The lowest BCUT2D eigenvalue weighted by Crippen LogP contribution is -2.23. The van der Waals surface area contributed by atoms with E-state index in [1.165, 1.54) is 19.2 Å². The molecule has 21 heavy (non-hydrogen) atoms. The summed E-state index contributed by atoms with van der Waals surface area (Å²) in [7, 11) is 1.44. The van der Waals surface area contributed by atoms with Crippen LogP contribution in [0.15, 0.2) is 42.5 Å². The van der Waals surface area contributed by atoms with E-state index in [2.05, 4.69) is 5.32 Å². The maximum atomic E-state index is 13.8. The Hall–Kier alpha value is -2.07. The van der Waals surface area contributed by atoms with E-state index in [4.69, 9.17) is 16.3 Å². The van der Waals surface area contributed by atoms with Crippen LogP contribution in [0.25, 0.3) is 0 Å². The number of alkyl halides is 1. The van der Waals surface area contributed by atoms with E-state index >= 15 is 0 Å². The third kappa shape index (κ3) is 3.95. The van der Waals surface area contributed by atoms with Gasteiger partial charge in [-0.25, -0.2) is 4.39 Å². The summed E-state index contributed by atoms with van der Waals surface area (Å²) >= 11 is 5.76. The highest BCUT2D eigenvalue weighted by atomic mass is 35.5. The number of hydrogen-bond acceptors (Lipinski definition) is 2. The van der Waals surface area contributed by atoms with E-state index in [9.17, 15) is 9.18 Å². The first-order valence-electron chi connectivity index (χ1n) is 6.39. The molecule has 0 unspecified atom stereocenters. The number of ether oxygens (including phenoxy) is 1. The normalized spacial score (nSPS) is 10.2. The summed E-state index contributed by atoms with van der Waals surface area (Å²) in [6, 6.07) is 11.7. The van der Waals surface area contributed by atoms with Crippen LogP contribution in [0.5, 0.6) is 5.75 Å². The van der Waals surface area contributed by atoms with Gasteiger partial charge < -0.3 is 10.1 Å². The molecule has 0 atom stereocenters. The van der Waals surface area contributed by atoms with Crippen LogP contribution < -0.4 is 10.1 Å². The van der Waals surface area contributed by atoms with Crippen molar-refractivity contribution in [1.82, 2.24) is 5.32 Å². The van der Waals surface area contributed by atoms with E-state index < -0.39 is 11.7 Å². The smallest absolute Gasteiger partial charge is 0.254 e. The Morgan fingerprint density at radius 1 is 1.24 bits per heavy atom. The van der Waals surface area contributed by atoms with Crippen molar-refractivity contribution in [3.63, 3.8) is 0 Å². The molecule has 1 N–H and O–H groups in total. The summed E-state index contributed by atoms with van der Waals surface area (Å²) in [6.07, 6.45) is 0. The fraction of sp³-hybridized carbons (Fsp3) is 0.188. The zero-order valence-corrected chi connectivity index (χ0v) is 12.3. The van der Waals surface area contributed by atoms with Crippen LogP contribution in [0.3, 0.4) is 0 Å². The topological polar surface area (TPSA) is 38.3 Å². The number of rotatable bonds is 5. The van der Waals surface area contributed by atoms with Crippen LogP contribution in [0, 0.1) is 5.82 Å². The van der Waals surface area contributed by atoms with Gasteiger partial charge in [0.05, 0.1) is 12.7 Å². The molecule has 0 saturated carbocycles. The molecule has 0 saturated heterocycles. The molecule has 0 aliphatic rings. The molecular formula is C16H15ClFNO2. The zero-order valence-electron chi connectivity index (χ0n) is 11.5. The maximum Gasteiger partial charge on any atom is 0.254 e. The van der Waals surface area contributed by atoms with Crippen molar-refractivity contribution >= 4 is 17.5 Å². The largest absolute Gasteiger partial charge is 0.497 e. The Balaban J connectivity index is 2.04. The third-order valence-electron chi connectivity index (χ3n) is 3.02. The summed E-state index contributed by atoms with van der Waals surface area (Å²) in [6.45, 7) is 0.315. The second kappa shape index (κ2) is 7.09. The zero-order chi connectivity index (χ0) is 15.2. The van der Waals surface area contributed by atoms with Crippen LogP contribution in [0.4, 0.5) is 4.39 Å². The molecular weight excluding hydrogens is 293 g/mol. The van der Waals surface area contributed by atoms with Gasteiger partial charge in [0.1, 0.15) is 11.6 Å². The first-order chi connectivity index (χ1) is 10.1.